The summed E-state index contributed by atoms with van der Waals surface area (Å²) in [6.45, 7) is 4.36. The Morgan fingerprint density at radius 2 is 1.95 bits per heavy atom. The molecule has 0 radical (unpaired) electrons. The number of rotatable bonds is 4. The van der Waals surface area contributed by atoms with E-state index in [1.165, 1.54) is 0 Å². The van der Waals surface area contributed by atoms with Gasteiger partial charge in [-0.15, -0.1) is 0 Å². The van der Waals surface area contributed by atoms with Gasteiger partial charge in [-0.25, -0.2) is 0 Å². The highest BCUT2D eigenvalue weighted by Crippen LogP contribution is 2.29. The summed E-state index contributed by atoms with van der Waals surface area (Å²) >= 11 is 0. The number of hydrogen-bond acceptors (Lipinski definition) is 3. The van der Waals surface area contributed by atoms with Gasteiger partial charge in [0.2, 0.25) is 0 Å². The summed E-state index contributed by atoms with van der Waals surface area (Å²) in [7, 11) is 1.63. The zero-order valence-electron chi connectivity index (χ0n) is 12.1. The third-order valence-electron chi connectivity index (χ3n) is 3.39. The summed E-state index contributed by atoms with van der Waals surface area (Å²) in [5.41, 5.74) is 8.19. The molecule has 0 spiro atoms. The first kappa shape index (κ1) is 14.3. The van der Waals surface area contributed by atoms with E-state index < -0.39 is 0 Å². The normalized spacial score (nSPS) is 12.2. The second-order valence-electron chi connectivity index (χ2n) is 4.71. The predicted molar refractivity (Wildman–Crippen MR) is 81.0 cm³/mol. The number of nitrogens with zero attached hydrogens (tertiary/aromatic N) is 1. The highest BCUT2D eigenvalue weighted by atomic mass is 16.5. The molecule has 0 amide bonds. The van der Waals surface area contributed by atoms with Crippen LogP contribution < -0.4 is 16.0 Å². The van der Waals surface area contributed by atoms with Crippen LogP contribution in [-0.4, -0.2) is 11.7 Å². The molecule has 0 bridgehead atoms. The monoisotopic (exact) mass is 272 g/mol. The number of pyridine rings is 1. The van der Waals surface area contributed by atoms with Crippen LogP contribution >= 0.6 is 0 Å². The van der Waals surface area contributed by atoms with Gasteiger partial charge in [0, 0.05) is 23.7 Å². The quantitative estimate of drug-likeness (QED) is 0.930. The molecule has 106 valence electrons. The van der Waals surface area contributed by atoms with Gasteiger partial charge in [0.1, 0.15) is 5.75 Å². The lowest BCUT2D eigenvalue weighted by molar-refractivity contribution is 0.416. The fourth-order valence-corrected chi connectivity index (χ4v) is 2.35. The summed E-state index contributed by atoms with van der Waals surface area (Å²) in [6.07, 6.45) is 0. The Morgan fingerprint density at radius 1 is 1.25 bits per heavy atom. The van der Waals surface area contributed by atoms with E-state index in [2.05, 4.69) is 0 Å². The summed E-state index contributed by atoms with van der Waals surface area (Å²) in [4.78, 5) is 12.5. The van der Waals surface area contributed by atoms with E-state index in [4.69, 9.17) is 10.5 Å². The minimum Gasteiger partial charge on any atom is -0.496 e. The maximum atomic E-state index is 12.5. The molecular formula is C16H20N2O2. The van der Waals surface area contributed by atoms with Gasteiger partial charge in [0.15, 0.2) is 0 Å². The second-order valence-corrected chi connectivity index (χ2v) is 4.71. The lowest BCUT2D eigenvalue weighted by atomic mass is 10.1. The SMILES string of the molecule is CCn1c(-c2ccccc2OC)ccc(C(C)N)c1=O. The third kappa shape index (κ3) is 2.47. The molecule has 20 heavy (non-hydrogen) atoms. The van der Waals surface area contributed by atoms with Crippen molar-refractivity contribution in [2.75, 3.05) is 7.11 Å². The van der Waals surface area contributed by atoms with E-state index in [1.54, 1.807) is 17.7 Å². The van der Waals surface area contributed by atoms with Crippen LogP contribution in [-0.2, 0) is 6.54 Å². The largest absolute Gasteiger partial charge is 0.496 e. The first-order valence-corrected chi connectivity index (χ1v) is 6.72. The molecule has 4 nitrogen and oxygen atoms in total. The van der Waals surface area contributed by atoms with Crippen molar-refractivity contribution in [1.82, 2.24) is 4.57 Å². The average molecular weight is 272 g/mol. The van der Waals surface area contributed by atoms with Crippen molar-refractivity contribution in [2.24, 2.45) is 5.73 Å². The molecule has 0 aliphatic rings. The van der Waals surface area contributed by atoms with Crippen molar-refractivity contribution >= 4 is 0 Å². The van der Waals surface area contributed by atoms with Gasteiger partial charge >= 0.3 is 0 Å². The molecule has 4 heteroatoms. The van der Waals surface area contributed by atoms with Crippen LogP contribution in [0.3, 0.4) is 0 Å². The molecule has 1 unspecified atom stereocenters. The van der Waals surface area contributed by atoms with Crippen molar-refractivity contribution in [1.29, 1.82) is 0 Å². The standard InChI is InChI=1S/C16H20N2O2/c1-4-18-14(10-9-12(11(2)17)16(18)19)13-7-5-6-8-15(13)20-3/h5-11H,4,17H2,1-3H3. The fourth-order valence-electron chi connectivity index (χ4n) is 2.35. The Hall–Kier alpha value is -2.07. The van der Waals surface area contributed by atoms with Crippen LogP contribution in [0.5, 0.6) is 5.75 Å². The van der Waals surface area contributed by atoms with Crippen molar-refractivity contribution in [2.45, 2.75) is 26.4 Å². The smallest absolute Gasteiger partial charge is 0.255 e. The van der Waals surface area contributed by atoms with Gasteiger partial charge in [0.25, 0.3) is 5.56 Å². The van der Waals surface area contributed by atoms with E-state index in [1.807, 2.05) is 44.2 Å². The van der Waals surface area contributed by atoms with Crippen molar-refractivity contribution in [3.05, 3.63) is 52.3 Å². The Balaban J connectivity index is 2.69. The molecule has 0 aliphatic carbocycles. The summed E-state index contributed by atoms with van der Waals surface area (Å²) in [5, 5.41) is 0. The van der Waals surface area contributed by atoms with Crippen LogP contribution in [0.2, 0.25) is 0 Å². The van der Waals surface area contributed by atoms with E-state index in [0.717, 1.165) is 17.0 Å². The summed E-state index contributed by atoms with van der Waals surface area (Å²) in [5.74, 6) is 0.752. The van der Waals surface area contributed by atoms with Crippen LogP contribution in [0.25, 0.3) is 11.3 Å². The number of hydrogen-bond donors (Lipinski definition) is 1. The molecular weight excluding hydrogens is 252 g/mol. The first-order valence-electron chi connectivity index (χ1n) is 6.72. The van der Waals surface area contributed by atoms with Gasteiger partial charge in [-0.05, 0) is 38.1 Å². The molecule has 1 aromatic heterocycles. The average Bonchev–Trinajstić information content (AvgIpc) is 2.46. The number of methoxy groups -OCH3 is 1. The number of ether oxygens (including phenoxy) is 1. The Morgan fingerprint density at radius 3 is 2.55 bits per heavy atom. The Kier molecular flexibility index (Phi) is 4.25. The van der Waals surface area contributed by atoms with Crippen molar-refractivity contribution in [3.63, 3.8) is 0 Å². The van der Waals surface area contributed by atoms with Gasteiger partial charge in [0.05, 0.1) is 12.8 Å². The maximum absolute atomic E-state index is 12.5. The summed E-state index contributed by atoms with van der Waals surface area (Å²) in [6, 6.07) is 11.1. The minimum atomic E-state index is -0.271. The lowest BCUT2D eigenvalue weighted by Crippen LogP contribution is -2.27. The van der Waals surface area contributed by atoms with E-state index in [0.29, 0.717) is 12.1 Å². The molecule has 0 fully saturated rings. The van der Waals surface area contributed by atoms with Gasteiger partial charge in [-0.3, -0.25) is 4.79 Å². The number of benzene rings is 1. The lowest BCUT2D eigenvalue weighted by Gasteiger charge is -2.16. The van der Waals surface area contributed by atoms with Crippen LogP contribution in [0.15, 0.2) is 41.2 Å². The molecule has 0 saturated heterocycles. The highest BCUT2D eigenvalue weighted by molar-refractivity contribution is 5.67. The third-order valence-corrected chi connectivity index (χ3v) is 3.39. The zero-order chi connectivity index (χ0) is 14.7. The van der Waals surface area contributed by atoms with Crippen molar-refractivity contribution in [3.8, 4) is 17.0 Å². The summed E-state index contributed by atoms with van der Waals surface area (Å²) < 4.78 is 7.11. The van der Waals surface area contributed by atoms with E-state index >= 15 is 0 Å². The van der Waals surface area contributed by atoms with E-state index in [-0.39, 0.29) is 11.6 Å². The van der Waals surface area contributed by atoms with Crippen LogP contribution in [0, 0.1) is 0 Å². The molecule has 2 N–H and O–H groups in total. The topological polar surface area (TPSA) is 57.2 Å². The second kappa shape index (κ2) is 5.92. The first-order chi connectivity index (χ1) is 9.60. The molecule has 2 rings (SSSR count). The number of para-hydroxylation sites is 1. The molecule has 1 aromatic carbocycles. The molecule has 1 heterocycles. The van der Waals surface area contributed by atoms with Gasteiger partial charge in [-0.1, -0.05) is 12.1 Å². The number of nitrogens with two attached hydrogens (primary N) is 1. The zero-order valence-corrected chi connectivity index (χ0v) is 12.1. The Bertz CT molecular complexity index is 660. The fraction of sp³-hybridized carbons (Fsp3) is 0.312. The molecule has 2 aromatic rings. The Labute approximate surface area is 118 Å². The number of aromatic nitrogens is 1. The van der Waals surface area contributed by atoms with Crippen molar-refractivity contribution < 1.29 is 4.74 Å². The van der Waals surface area contributed by atoms with Crippen LogP contribution in [0.1, 0.15) is 25.5 Å². The minimum absolute atomic E-state index is 0.0362. The van der Waals surface area contributed by atoms with Gasteiger partial charge < -0.3 is 15.0 Å². The molecule has 0 saturated carbocycles. The predicted octanol–water partition coefficient (Wildman–Crippen LogP) is 2.56. The highest BCUT2D eigenvalue weighted by Gasteiger charge is 2.14. The van der Waals surface area contributed by atoms with E-state index in [9.17, 15) is 4.79 Å². The molecule has 0 aliphatic heterocycles. The maximum Gasteiger partial charge on any atom is 0.255 e. The molecule has 1 atom stereocenters. The van der Waals surface area contributed by atoms with Gasteiger partial charge in [-0.2, -0.15) is 0 Å². The van der Waals surface area contributed by atoms with Crippen LogP contribution in [0.4, 0.5) is 0 Å².